The number of benzene rings is 1. The van der Waals surface area contributed by atoms with Crippen LogP contribution in [-0.2, 0) is 19.2 Å². The minimum Gasteiger partial charge on any atom is -0.496 e. The molecule has 0 bridgehead atoms. The van der Waals surface area contributed by atoms with Gasteiger partial charge in [0.05, 0.1) is 13.2 Å². The Hall–Kier alpha value is -4.15. The van der Waals surface area contributed by atoms with Gasteiger partial charge >= 0.3 is 0 Å². The van der Waals surface area contributed by atoms with Gasteiger partial charge < -0.3 is 30.6 Å². The van der Waals surface area contributed by atoms with E-state index in [0.717, 1.165) is 43.0 Å². The highest BCUT2D eigenvalue weighted by molar-refractivity contribution is 6.03. The third-order valence-corrected chi connectivity index (χ3v) is 11.1. The van der Waals surface area contributed by atoms with Crippen molar-refractivity contribution in [2.45, 2.75) is 76.9 Å². The van der Waals surface area contributed by atoms with Gasteiger partial charge in [0.25, 0.3) is 5.91 Å². The van der Waals surface area contributed by atoms with Gasteiger partial charge in [-0.2, -0.15) is 0 Å². The van der Waals surface area contributed by atoms with Crippen LogP contribution in [-0.4, -0.2) is 77.6 Å². The number of rotatable bonds is 11. The quantitative estimate of drug-likeness (QED) is 0.280. The second kappa shape index (κ2) is 12.6. The second-order valence-corrected chi connectivity index (χ2v) is 14.0. The summed E-state index contributed by atoms with van der Waals surface area (Å²) in [6.45, 7) is 8.75. The van der Waals surface area contributed by atoms with E-state index in [0.29, 0.717) is 31.0 Å². The predicted octanol–water partition coefficient (Wildman–Crippen LogP) is 3.10. The van der Waals surface area contributed by atoms with Crippen LogP contribution in [0.2, 0.25) is 0 Å². The fourth-order valence-corrected chi connectivity index (χ4v) is 8.29. The Balaban J connectivity index is 1.25. The zero-order chi connectivity index (χ0) is 32.7. The Morgan fingerprint density at radius 2 is 1.89 bits per heavy atom. The van der Waals surface area contributed by atoms with Crippen molar-refractivity contribution in [2.75, 3.05) is 20.2 Å². The maximum Gasteiger partial charge on any atom is 0.268 e. The maximum atomic E-state index is 14.5. The van der Waals surface area contributed by atoms with Gasteiger partial charge in [-0.3, -0.25) is 24.0 Å². The van der Waals surface area contributed by atoms with Crippen LogP contribution in [0.15, 0.2) is 36.9 Å². The molecule has 46 heavy (non-hydrogen) atoms. The number of ketones is 1. The van der Waals surface area contributed by atoms with Crippen LogP contribution >= 0.6 is 0 Å². The van der Waals surface area contributed by atoms with Crippen molar-refractivity contribution < 1.29 is 28.7 Å². The van der Waals surface area contributed by atoms with Crippen molar-refractivity contribution in [3.05, 3.63) is 42.6 Å². The van der Waals surface area contributed by atoms with Gasteiger partial charge in [0.2, 0.25) is 17.7 Å². The topological polar surface area (TPSA) is 150 Å². The standard InChI is InChI=1S/C35H45N5O6/c1-5-26(41)24(16-20-14-15-36-31(20)42)38-33(44)30-28-22(35(28,2)3)18-40(30)34(45)29(19-10-7-6-8-11-19)39-32(43)25-17-21-23(37-25)12-9-13-27(21)46-4/h5,9,12-13,17,19-20,22,24,28-30,37H,1,6-8,10-11,14-16,18H2,2-4H3,(H,36,42)(H,38,44)(H,39,43)/t20-,22-,24-,28-,29?,30-/m0/s1. The zero-order valence-electron chi connectivity index (χ0n) is 26.9. The smallest absolute Gasteiger partial charge is 0.268 e. The number of amides is 4. The highest BCUT2D eigenvalue weighted by Crippen LogP contribution is 2.65. The largest absolute Gasteiger partial charge is 0.496 e. The molecule has 1 aromatic carbocycles. The molecule has 2 aliphatic carbocycles. The van der Waals surface area contributed by atoms with Gasteiger partial charge in [0, 0.05) is 29.9 Å². The average molecular weight is 632 g/mol. The average Bonchev–Trinajstić information content (AvgIpc) is 3.58. The number of hydrogen-bond donors (Lipinski definition) is 4. The Morgan fingerprint density at radius 1 is 1.13 bits per heavy atom. The van der Waals surface area contributed by atoms with E-state index in [2.05, 4.69) is 41.4 Å². The minimum absolute atomic E-state index is 0.0614. The Kier molecular flexibility index (Phi) is 8.69. The lowest BCUT2D eigenvalue weighted by Gasteiger charge is -2.37. The van der Waals surface area contributed by atoms with Crippen molar-refractivity contribution in [3.63, 3.8) is 0 Å². The molecule has 2 saturated carbocycles. The summed E-state index contributed by atoms with van der Waals surface area (Å²) >= 11 is 0. The van der Waals surface area contributed by atoms with Crippen molar-refractivity contribution in [1.82, 2.24) is 25.8 Å². The summed E-state index contributed by atoms with van der Waals surface area (Å²) in [5.74, 6) is -1.29. The molecule has 4 amide bonds. The van der Waals surface area contributed by atoms with Crippen LogP contribution < -0.4 is 20.7 Å². The Labute approximate surface area is 269 Å². The molecule has 0 spiro atoms. The summed E-state index contributed by atoms with van der Waals surface area (Å²) in [5.41, 5.74) is 0.937. The molecule has 1 aromatic heterocycles. The minimum atomic E-state index is -0.912. The molecule has 246 valence electrons. The summed E-state index contributed by atoms with van der Waals surface area (Å²) < 4.78 is 5.46. The molecular formula is C35H45N5O6. The van der Waals surface area contributed by atoms with Crippen molar-refractivity contribution in [2.24, 2.45) is 29.1 Å². The van der Waals surface area contributed by atoms with Crippen molar-refractivity contribution in [1.29, 1.82) is 0 Å². The molecule has 4 N–H and O–H groups in total. The number of nitrogens with zero attached hydrogens (tertiary/aromatic N) is 1. The van der Waals surface area contributed by atoms with E-state index in [1.54, 1.807) is 18.1 Å². The van der Waals surface area contributed by atoms with Crippen LogP contribution in [0.3, 0.4) is 0 Å². The van der Waals surface area contributed by atoms with E-state index in [9.17, 15) is 24.0 Å². The van der Waals surface area contributed by atoms with Gasteiger partial charge in [0.15, 0.2) is 5.78 Å². The molecule has 0 radical (unpaired) electrons. The highest BCUT2D eigenvalue weighted by atomic mass is 16.5. The van der Waals surface area contributed by atoms with E-state index < -0.39 is 24.0 Å². The summed E-state index contributed by atoms with van der Waals surface area (Å²) in [6, 6.07) is 4.77. The molecule has 11 nitrogen and oxygen atoms in total. The van der Waals surface area contributed by atoms with Crippen molar-refractivity contribution in [3.8, 4) is 5.75 Å². The number of hydrogen-bond acceptors (Lipinski definition) is 6. The van der Waals surface area contributed by atoms with E-state index in [-0.39, 0.29) is 59.0 Å². The lowest BCUT2D eigenvalue weighted by atomic mass is 9.83. The predicted molar refractivity (Wildman–Crippen MR) is 172 cm³/mol. The second-order valence-electron chi connectivity index (χ2n) is 14.0. The first-order valence-corrected chi connectivity index (χ1v) is 16.6. The van der Waals surface area contributed by atoms with Gasteiger partial charge in [-0.1, -0.05) is 45.8 Å². The molecule has 1 unspecified atom stereocenters. The first-order valence-electron chi connectivity index (χ1n) is 16.6. The first-order chi connectivity index (χ1) is 22.0. The lowest BCUT2D eigenvalue weighted by molar-refractivity contribution is -0.143. The van der Waals surface area contributed by atoms with E-state index in [1.807, 2.05) is 18.2 Å². The number of carbonyl (C=O) groups is 5. The Morgan fingerprint density at radius 3 is 2.57 bits per heavy atom. The number of aromatic amines is 1. The van der Waals surface area contributed by atoms with Crippen molar-refractivity contribution >= 4 is 40.3 Å². The number of likely N-dealkylation sites (tertiary alicyclic amines) is 1. The summed E-state index contributed by atoms with van der Waals surface area (Å²) in [5, 5.41) is 9.53. The zero-order valence-corrected chi connectivity index (χ0v) is 26.9. The molecule has 11 heteroatoms. The number of carbonyl (C=O) groups excluding carboxylic acids is 5. The fraction of sp³-hybridized carbons (Fsp3) is 0.571. The molecule has 2 aromatic rings. The number of piperidine rings is 1. The molecule has 3 heterocycles. The Bertz CT molecular complexity index is 1560. The first kappa shape index (κ1) is 31.8. The summed E-state index contributed by atoms with van der Waals surface area (Å²) in [4.78, 5) is 72.3. The van der Waals surface area contributed by atoms with E-state index in [4.69, 9.17) is 4.74 Å². The van der Waals surface area contributed by atoms with E-state index in [1.165, 1.54) is 6.08 Å². The third kappa shape index (κ3) is 5.80. The molecule has 2 saturated heterocycles. The third-order valence-electron chi connectivity index (χ3n) is 11.1. The summed E-state index contributed by atoms with van der Waals surface area (Å²) in [7, 11) is 1.58. The number of fused-ring (bicyclic) bond motifs is 2. The maximum absolute atomic E-state index is 14.5. The van der Waals surface area contributed by atoms with Gasteiger partial charge in [0.1, 0.15) is 23.5 Å². The highest BCUT2D eigenvalue weighted by Gasteiger charge is 2.69. The fourth-order valence-electron chi connectivity index (χ4n) is 8.29. The molecule has 6 atom stereocenters. The van der Waals surface area contributed by atoms with Crippen LogP contribution in [0.1, 0.15) is 69.3 Å². The van der Waals surface area contributed by atoms with Gasteiger partial charge in [-0.25, -0.2) is 0 Å². The normalized spacial score (nSPS) is 26.5. The van der Waals surface area contributed by atoms with E-state index >= 15 is 0 Å². The molecule has 4 fully saturated rings. The number of methoxy groups -OCH3 is 1. The van der Waals surface area contributed by atoms with Crippen LogP contribution in [0.5, 0.6) is 5.75 Å². The van der Waals surface area contributed by atoms with Gasteiger partial charge in [-0.15, -0.1) is 0 Å². The van der Waals surface area contributed by atoms with Crippen LogP contribution in [0, 0.1) is 29.1 Å². The lowest BCUT2D eigenvalue weighted by Crippen LogP contribution is -2.59. The number of ether oxygens (including phenoxy) is 1. The molecule has 4 aliphatic rings. The number of H-pyrrole nitrogens is 1. The number of aromatic nitrogens is 1. The van der Waals surface area contributed by atoms with Crippen LogP contribution in [0.25, 0.3) is 10.9 Å². The number of nitrogens with one attached hydrogen (secondary N) is 4. The molecule has 2 aliphatic heterocycles. The molecule has 6 rings (SSSR count). The monoisotopic (exact) mass is 631 g/mol. The molecular weight excluding hydrogens is 586 g/mol. The SMILES string of the molecule is C=CC(=O)[C@H](C[C@@H]1CCNC1=O)NC(=O)[C@@H]1[C@@H]2[C@H](CN1C(=O)C(NC(=O)c1cc3c(OC)cccc3[nH]1)C1CCCCC1)C2(C)C. The van der Waals surface area contributed by atoms with Crippen LogP contribution in [0.4, 0.5) is 0 Å². The summed E-state index contributed by atoms with van der Waals surface area (Å²) in [6.07, 6.45) is 6.57. The van der Waals surface area contributed by atoms with Gasteiger partial charge in [-0.05, 0) is 73.1 Å².